The highest BCUT2D eigenvalue weighted by Gasteiger charge is 2.10. The van der Waals surface area contributed by atoms with E-state index in [1.807, 2.05) is 13.8 Å². The topological polar surface area (TPSA) is 50.9 Å². The minimum absolute atomic E-state index is 0.286. The van der Waals surface area contributed by atoms with Gasteiger partial charge in [0.15, 0.2) is 0 Å². The molecule has 1 heterocycles. The third-order valence-electron chi connectivity index (χ3n) is 2.75. The number of aromatic nitrogens is 1. The van der Waals surface area contributed by atoms with Crippen molar-refractivity contribution in [3.8, 4) is 0 Å². The van der Waals surface area contributed by atoms with E-state index in [2.05, 4.69) is 10.4 Å². The van der Waals surface area contributed by atoms with Gasteiger partial charge < -0.3 is 5.43 Å². The maximum Gasteiger partial charge on any atom is 0.125 e. The number of nitrogens with one attached hydrogen (secondary N) is 1. The largest absolute Gasteiger partial charge is 0.323 e. The number of hydrogen-bond acceptors (Lipinski definition) is 3. The maximum absolute atomic E-state index is 13.1. The molecule has 0 aliphatic heterocycles. The molecule has 0 amide bonds. The van der Waals surface area contributed by atoms with Crippen LogP contribution in [-0.4, -0.2) is 4.98 Å². The number of aryl methyl sites for hydroxylation is 1. The first-order valence-corrected chi connectivity index (χ1v) is 5.22. The molecule has 3 nitrogen and oxygen atoms in total. The van der Waals surface area contributed by atoms with Gasteiger partial charge in [-0.3, -0.25) is 10.8 Å². The van der Waals surface area contributed by atoms with Crippen molar-refractivity contribution in [2.75, 3.05) is 5.43 Å². The van der Waals surface area contributed by atoms with Gasteiger partial charge in [-0.15, -0.1) is 0 Å². The fraction of sp³-hybridized carbons (Fsp3) is 0.250. The average molecular weight is 219 g/mol. The van der Waals surface area contributed by atoms with Gasteiger partial charge in [-0.25, -0.2) is 4.39 Å². The van der Waals surface area contributed by atoms with E-state index < -0.39 is 0 Å². The van der Waals surface area contributed by atoms with Crippen molar-refractivity contribution in [1.82, 2.24) is 4.98 Å². The molecule has 0 atom stereocenters. The van der Waals surface area contributed by atoms with Gasteiger partial charge in [0.25, 0.3) is 0 Å². The molecule has 0 bridgehead atoms. The van der Waals surface area contributed by atoms with Crippen LogP contribution in [0.1, 0.15) is 18.2 Å². The Bertz CT molecular complexity index is 537. The van der Waals surface area contributed by atoms with Crippen LogP contribution in [-0.2, 0) is 6.42 Å². The molecule has 3 N–H and O–H groups in total. The Kier molecular flexibility index (Phi) is 2.75. The number of pyridine rings is 1. The average Bonchev–Trinajstić information content (AvgIpc) is 2.26. The number of nitrogen functional groups attached to an aromatic ring is 1. The molecule has 4 heteroatoms. The summed E-state index contributed by atoms with van der Waals surface area (Å²) in [5, 5.41) is 0.853. The quantitative estimate of drug-likeness (QED) is 0.602. The minimum Gasteiger partial charge on any atom is -0.323 e. The summed E-state index contributed by atoms with van der Waals surface area (Å²) in [5.74, 6) is 5.24. The van der Waals surface area contributed by atoms with E-state index in [-0.39, 0.29) is 5.82 Å². The molecule has 0 saturated heterocycles. The number of benzene rings is 1. The maximum atomic E-state index is 13.1. The van der Waals surface area contributed by atoms with Gasteiger partial charge in [-0.2, -0.15) is 0 Å². The molecule has 0 spiro atoms. The molecule has 0 fully saturated rings. The van der Waals surface area contributed by atoms with Gasteiger partial charge >= 0.3 is 0 Å². The molecular weight excluding hydrogens is 205 g/mol. The fourth-order valence-corrected chi connectivity index (χ4v) is 2.00. The van der Waals surface area contributed by atoms with E-state index in [1.54, 1.807) is 6.07 Å². The van der Waals surface area contributed by atoms with E-state index in [9.17, 15) is 4.39 Å². The molecule has 0 unspecified atom stereocenters. The molecular formula is C12H14FN3. The lowest BCUT2D eigenvalue weighted by molar-refractivity contribution is 0.629. The van der Waals surface area contributed by atoms with E-state index in [0.717, 1.165) is 28.8 Å². The van der Waals surface area contributed by atoms with Crippen LogP contribution in [0.5, 0.6) is 0 Å². The highest BCUT2D eigenvalue weighted by atomic mass is 19.1. The molecule has 2 aromatic rings. The Balaban J connectivity index is 2.84. The van der Waals surface area contributed by atoms with Gasteiger partial charge in [-0.05, 0) is 31.0 Å². The number of anilines is 1. The first-order valence-electron chi connectivity index (χ1n) is 5.22. The number of nitrogens with zero attached hydrogens (tertiary/aromatic N) is 1. The SMILES string of the molecule is CCc1c(C)nc2cc(F)ccc2c1NN. The summed E-state index contributed by atoms with van der Waals surface area (Å²) in [7, 11) is 0. The van der Waals surface area contributed by atoms with E-state index in [1.165, 1.54) is 12.1 Å². The molecule has 1 aromatic heterocycles. The van der Waals surface area contributed by atoms with Crippen LogP contribution in [0.2, 0.25) is 0 Å². The third kappa shape index (κ3) is 1.61. The van der Waals surface area contributed by atoms with E-state index >= 15 is 0 Å². The lowest BCUT2D eigenvalue weighted by Crippen LogP contribution is -2.11. The summed E-state index contributed by atoms with van der Waals surface area (Å²) in [6, 6.07) is 4.54. The zero-order valence-electron chi connectivity index (χ0n) is 9.34. The second-order valence-corrected chi connectivity index (χ2v) is 3.71. The van der Waals surface area contributed by atoms with E-state index in [0.29, 0.717) is 5.52 Å². The van der Waals surface area contributed by atoms with Gasteiger partial charge in [0.05, 0.1) is 11.2 Å². The lowest BCUT2D eigenvalue weighted by Gasteiger charge is -2.13. The fourth-order valence-electron chi connectivity index (χ4n) is 2.00. The first-order chi connectivity index (χ1) is 7.67. The summed E-state index contributed by atoms with van der Waals surface area (Å²) in [6.07, 6.45) is 0.839. The predicted molar refractivity (Wildman–Crippen MR) is 63.6 cm³/mol. The molecule has 1 aromatic carbocycles. The lowest BCUT2D eigenvalue weighted by atomic mass is 10.0. The molecule has 16 heavy (non-hydrogen) atoms. The van der Waals surface area contributed by atoms with Gasteiger partial charge in [0.1, 0.15) is 5.82 Å². The number of fused-ring (bicyclic) bond motifs is 1. The molecule has 0 radical (unpaired) electrons. The van der Waals surface area contributed by atoms with Crippen molar-refractivity contribution in [3.05, 3.63) is 35.3 Å². The van der Waals surface area contributed by atoms with Crippen LogP contribution < -0.4 is 11.3 Å². The number of nitrogens with two attached hydrogens (primary N) is 1. The summed E-state index contributed by atoms with van der Waals surface area (Å²) in [6.45, 7) is 3.95. The van der Waals surface area contributed by atoms with Crippen LogP contribution in [0.3, 0.4) is 0 Å². The highest BCUT2D eigenvalue weighted by molar-refractivity contribution is 5.93. The molecule has 0 aliphatic rings. The Labute approximate surface area is 93.5 Å². The van der Waals surface area contributed by atoms with Crippen LogP contribution in [0.25, 0.3) is 10.9 Å². The van der Waals surface area contributed by atoms with Crippen molar-refractivity contribution in [3.63, 3.8) is 0 Å². The van der Waals surface area contributed by atoms with Gasteiger partial charge in [-0.1, -0.05) is 6.92 Å². The molecule has 84 valence electrons. The van der Waals surface area contributed by atoms with Crippen LogP contribution >= 0.6 is 0 Å². The van der Waals surface area contributed by atoms with Crippen molar-refractivity contribution in [2.45, 2.75) is 20.3 Å². The number of hydrazine groups is 1. The summed E-state index contributed by atoms with van der Waals surface area (Å²) in [4.78, 5) is 4.38. The standard InChI is InChI=1S/C12H14FN3/c1-3-9-7(2)15-11-6-8(13)4-5-10(11)12(9)16-14/h4-6H,3,14H2,1-2H3,(H,15,16). The number of halogens is 1. The van der Waals surface area contributed by atoms with Crippen LogP contribution in [0.15, 0.2) is 18.2 Å². The Hall–Kier alpha value is -1.68. The summed E-state index contributed by atoms with van der Waals surface area (Å²) < 4.78 is 13.1. The molecule has 2 rings (SSSR count). The minimum atomic E-state index is -0.286. The molecule has 0 aliphatic carbocycles. The Morgan fingerprint density at radius 1 is 1.44 bits per heavy atom. The van der Waals surface area contributed by atoms with Gasteiger partial charge in [0.2, 0.25) is 0 Å². The van der Waals surface area contributed by atoms with Crippen molar-refractivity contribution in [2.24, 2.45) is 5.84 Å². The van der Waals surface area contributed by atoms with Crippen LogP contribution in [0.4, 0.5) is 10.1 Å². The predicted octanol–water partition coefficient (Wildman–Crippen LogP) is 2.53. The Morgan fingerprint density at radius 2 is 2.19 bits per heavy atom. The van der Waals surface area contributed by atoms with Crippen LogP contribution in [0, 0.1) is 12.7 Å². The third-order valence-corrected chi connectivity index (χ3v) is 2.75. The first kappa shape index (κ1) is 10.8. The second-order valence-electron chi connectivity index (χ2n) is 3.71. The normalized spacial score (nSPS) is 10.8. The number of hydrogen-bond donors (Lipinski definition) is 2. The zero-order chi connectivity index (χ0) is 11.7. The van der Waals surface area contributed by atoms with E-state index in [4.69, 9.17) is 5.84 Å². The monoisotopic (exact) mass is 219 g/mol. The van der Waals surface area contributed by atoms with Gasteiger partial charge in [0, 0.05) is 17.1 Å². The summed E-state index contributed by atoms with van der Waals surface area (Å²) >= 11 is 0. The zero-order valence-corrected chi connectivity index (χ0v) is 9.34. The molecule has 0 saturated carbocycles. The van der Waals surface area contributed by atoms with Crippen molar-refractivity contribution in [1.29, 1.82) is 0 Å². The summed E-state index contributed by atoms with van der Waals surface area (Å²) in [5.41, 5.74) is 6.11. The highest BCUT2D eigenvalue weighted by Crippen LogP contribution is 2.28. The smallest absolute Gasteiger partial charge is 0.125 e. The van der Waals surface area contributed by atoms with Crippen molar-refractivity contribution >= 4 is 16.6 Å². The number of rotatable bonds is 2. The van der Waals surface area contributed by atoms with Crippen molar-refractivity contribution < 1.29 is 4.39 Å². The second kappa shape index (κ2) is 4.06. The Morgan fingerprint density at radius 3 is 2.81 bits per heavy atom.